The molecule has 2 aromatic carbocycles. The minimum Gasteiger partial charge on any atom is -0.497 e. The highest BCUT2D eigenvalue weighted by atomic mass is 35.5. The predicted molar refractivity (Wildman–Crippen MR) is 114 cm³/mol. The summed E-state index contributed by atoms with van der Waals surface area (Å²) in [5.74, 6) is 0.748. The molecule has 1 atom stereocenters. The molecular formula is C21H27ClN3O4+. The monoisotopic (exact) mass is 420 g/mol. The van der Waals surface area contributed by atoms with E-state index in [0.717, 1.165) is 10.5 Å². The van der Waals surface area contributed by atoms with Crippen LogP contribution in [0.4, 0.5) is 11.4 Å². The van der Waals surface area contributed by atoms with Gasteiger partial charge in [-0.1, -0.05) is 17.7 Å². The highest BCUT2D eigenvalue weighted by Crippen LogP contribution is 2.28. The van der Waals surface area contributed by atoms with E-state index in [0.29, 0.717) is 34.4 Å². The molecular weight excluding hydrogens is 394 g/mol. The molecule has 156 valence electrons. The van der Waals surface area contributed by atoms with E-state index in [4.69, 9.17) is 21.1 Å². The van der Waals surface area contributed by atoms with Gasteiger partial charge in [-0.25, -0.2) is 0 Å². The number of hydrogen-bond acceptors (Lipinski definition) is 4. The third-order valence-corrected chi connectivity index (χ3v) is 4.71. The van der Waals surface area contributed by atoms with Gasteiger partial charge in [-0.2, -0.15) is 0 Å². The van der Waals surface area contributed by atoms with Crippen molar-refractivity contribution in [1.29, 1.82) is 0 Å². The van der Waals surface area contributed by atoms with Crippen LogP contribution in [0.3, 0.4) is 0 Å². The Labute approximate surface area is 175 Å². The summed E-state index contributed by atoms with van der Waals surface area (Å²) < 4.78 is 10.5. The fraction of sp³-hybridized carbons (Fsp3) is 0.333. The number of amides is 2. The first-order chi connectivity index (χ1) is 13.9. The zero-order valence-electron chi connectivity index (χ0n) is 17.1. The second-order valence-corrected chi connectivity index (χ2v) is 7.02. The maximum Gasteiger partial charge on any atom is 0.279 e. The number of quaternary nitrogens is 1. The Bertz CT molecular complexity index is 873. The molecule has 2 rings (SSSR count). The maximum absolute atomic E-state index is 12.5. The third kappa shape index (κ3) is 6.66. The van der Waals surface area contributed by atoms with Gasteiger partial charge in [0.1, 0.15) is 11.5 Å². The van der Waals surface area contributed by atoms with Gasteiger partial charge in [0.2, 0.25) is 0 Å². The van der Waals surface area contributed by atoms with Gasteiger partial charge in [0.15, 0.2) is 13.1 Å². The number of halogens is 1. The summed E-state index contributed by atoms with van der Waals surface area (Å²) in [6.07, 6.45) is 0. The van der Waals surface area contributed by atoms with Crippen LogP contribution in [-0.2, 0) is 9.59 Å². The molecule has 7 nitrogen and oxygen atoms in total. The molecule has 0 saturated heterocycles. The summed E-state index contributed by atoms with van der Waals surface area (Å²) in [6.45, 7) is 4.75. The number of nitrogens with one attached hydrogen (secondary N) is 3. The van der Waals surface area contributed by atoms with Crippen LogP contribution in [0.25, 0.3) is 0 Å². The van der Waals surface area contributed by atoms with E-state index in [1.54, 1.807) is 37.4 Å². The lowest BCUT2D eigenvalue weighted by Gasteiger charge is -2.18. The summed E-state index contributed by atoms with van der Waals surface area (Å²) in [4.78, 5) is 25.7. The Kier molecular flexibility index (Phi) is 8.30. The molecule has 1 unspecified atom stereocenters. The van der Waals surface area contributed by atoms with Crippen molar-refractivity contribution in [3.8, 4) is 11.5 Å². The highest BCUT2D eigenvalue weighted by Gasteiger charge is 2.18. The van der Waals surface area contributed by atoms with Crippen molar-refractivity contribution in [3.05, 3.63) is 47.0 Å². The van der Waals surface area contributed by atoms with Crippen molar-refractivity contribution in [2.75, 3.05) is 44.5 Å². The highest BCUT2D eigenvalue weighted by molar-refractivity contribution is 6.31. The fourth-order valence-corrected chi connectivity index (χ4v) is 2.96. The predicted octanol–water partition coefficient (Wildman–Crippen LogP) is 2.15. The molecule has 0 aliphatic rings. The zero-order chi connectivity index (χ0) is 21.4. The van der Waals surface area contributed by atoms with Crippen LogP contribution in [0, 0.1) is 6.92 Å². The summed E-state index contributed by atoms with van der Waals surface area (Å²) >= 11 is 6.00. The molecule has 0 saturated carbocycles. The lowest BCUT2D eigenvalue weighted by atomic mass is 10.2. The summed E-state index contributed by atoms with van der Waals surface area (Å²) in [5, 5.41) is 6.24. The van der Waals surface area contributed by atoms with Crippen LogP contribution in [0.15, 0.2) is 36.4 Å². The lowest BCUT2D eigenvalue weighted by Crippen LogP contribution is -3.13. The lowest BCUT2D eigenvalue weighted by molar-refractivity contribution is -0.881. The number of likely N-dealkylation sites (N-methyl/N-ethyl adjacent to an activating group) is 1. The van der Waals surface area contributed by atoms with Crippen molar-refractivity contribution in [2.45, 2.75) is 13.8 Å². The molecule has 0 aliphatic heterocycles. The second-order valence-electron chi connectivity index (χ2n) is 6.58. The normalized spacial score (nSPS) is 11.5. The molecule has 0 radical (unpaired) electrons. The van der Waals surface area contributed by atoms with E-state index >= 15 is 0 Å². The average molecular weight is 421 g/mol. The molecule has 8 heteroatoms. The summed E-state index contributed by atoms with van der Waals surface area (Å²) in [7, 11) is 3.08. The van der Waals surface area contributed by atoms with Gasteiger partial charge in [0, 0.05) is 16.8 Å². The number of hydrogen-bond donors (Lipinski definition) is 3. The van der Waals surface area contributed by atoms with Crippen molar-refractivity contribution < 1.29 is 24.0 Å². The molecule has 0 spiro atoms. The Morgan fingerprint density at radius 3 is 2.21 bits per heavy atom. The molecule has 29 heavy (non-hydrogen) atoms. The Balaban J connectivity index is 1.96. The van der Waals surface area contributed by atoms with Crippen LogP contribution >= 0.6 is 11.6 Å². The topological polar surface area (TPSA) is 81.1 Å². The van der Waals surface area contributed by atoms with E-state index in [1.807, 2.05) is 19.9 Å². The third-order valence-electron chi connectivity index (χ3n) is 4.48. The number of carbonyl (C=O) groups excluding carboxylic acids is 2. The van der Waals surface area contributed by atoms with Gasteiger partial charge in [-0.3, -0.25) is 9.59 Å². The van der Waals surface area contributed by atoms with Gasteiger partial charge in [0.05, 0.1) is 26.5 Å². The standard InChI is InChI=1S/C21H26ClN3O4/c1-5-25(13-21(27)24-18-10-15(22)7-6-14(18)2)12-20(26)23-17-9-8-16(28-3)11-19(17)29-4/h6-11H,5,12-13H2,1-4H3,(H,23,26)(H,24,27)/p+1. The van der Waals surface area contributed by atoms with Gasteiger partial charge in [-0.05, 0) is 43.7 Å². The first-order valence-corrected chi connectivity index (χ1v) is 9.65. The van der Waals surface area contributed by atoms with Gasteiger partial charge in [0.25, 0.3) is 11.8 Å². The Hall–Kier alpha value is -2.77. The summed E-state index contributed by atoms with van der Waals surface area (Å²) in [6, 6.07) is 10.5. The molecule has 0 aromatic heterocycles. The van der Waals surface area contributed by atoms with Crippen molar-refractivity contribution in [3.63, 3.8) is 0 Å². The first-order valence-electron chi connectivity index (χ1n) is 9.27. The second kappa shape index (κ2) is 10.7. The Morgan fingerprint density at radius 1 is 0.966 bits per heavy atom. The summed E-state index contributed by atoms with van der Waals surface area (Å²) in [5.41, 5.74) is 2.14. The molecule has 0 bridgehead atoms. The number of benzene rings is 2. The maximum atomic E-state index is 12.5. The first kappa shape index (κ1) is 22.5. The number of carbonyl (C=O) groups is 2. The quantitative estimate of drug-likeness (QED) is 0.580. The minimum absolute atomic E-state index is 0.146. The Morgan fingerprint density at radius 2 is 1.62 bits per heavy atom. The van der Waals surface area contributed by atoms with E-state index in [2.05, 4.69) is 10.6 Å². The van der Waals surface area contributed by atoms with E-state index in [9.17, 15) is 9.59 Å². The van der Waals surface area contributed by atoms with Gasteiger partial charge < -0.3 is 25.0 Å². The van der Waals surface area contributed by atoms with Crippen molar-refractivity contribution in [1.82, 2.24) is 0 Å². The fourth-order valence-electron chi connectivity index (χ4n) is 2.79. The average Bonchev–Trinajstić information content (AvgIpc) is 2.70. The molecule has 2 amide bonds. The number of rotatable bonds is 9. The SMILES string of the molecule is CC[NH+](CC(=O)Nc1cc(Cl)ccc1C)CC(=O)Nc1ccc(OC)cc1OC. The molecule has 0 heterocycles. The molecule has 0 aliphatic carbocycles. The van der Waals surface area contributed by atoms with Crippen LogP contribution in [-0.4, -0.2) is 45.7 Å². The molecule has 0 fully saturated rings. The van der Waals surface area contributed by atoms with E-state index < -0.39 is 0 Å². The van der Waals surface area contributed by atoms with Crippen LogP contribution < -0.4 is 25.0 Å². The van der Waals surface area contributed by atoms with Crippen LogP contribution in [0.1, 0.15) is 12.5 Å². The zero-order valence-corrected chi connectivity index (χ0v) is 17.9. The number of anilines is 2. The number of methoxy groups -OCH3 is 2. The smallest absolute Gasteiger partial charge is 0.279 e. The van der Waals surface area contributed by atoms with E-state index in [1.165, 1.54) is 7.11 Å². The molecule has 3 N–H and O–H groups in total. The number of aryl methyl sites for hydroxylation is 1. The van der Waals surface area contributed by atoms with Gasteiger partial charge >= 0.3 is 0 Å². The van der Waals surface area contributed by atoms with Crippen LogP contribution in [0.2, 0.25) is 5.02 Å². The van der Waals surface area contributed by atoms with Crippen molar-refractivity contribution >= 4 is 34.8 Å². The largest absolute Gasteiger partial charge is 0.497 e. The van der Waals surface area contributed by atoms with Gasteiger partial charge in [-0.15, -0.1) is 0 Å². The minimum atomic E-state index is -0.211. The van der Waals surface area contributed by atoms with E-state index in [-0.39, 0.29) is 24.9 Å². The molecule has 2 aromatic rings. The number of ether oxygens (including phenoxy) is 2. The van der Waals surface area contributed by atoms with Crippen molar-refractivity contribution in [2.24, 2.45) is 0 Å². The van der Waals surface area contributed by atoms with Crippen LogP contribution in [0.5, 0.6) is 11.5 Å².